The number of aryl methyl sites for hydroxylation is 1. The number of hydrogen-bond acceptors (Lipinski definition) is 8. The average Bonchev–Trinajstić information content (AvgIpc) is 3.37. The fraction of sp³-hybridized carbons (Fsp3) is 0.630. The molecule has 206 valence electrons. The number of hydrogen-bond donors (Lipinski definition) is 1. The van der Waals surface area contributed by atoms with Crippen LogP contribution in [0, 0.1) is 35.5 Å². The lowest BCUT2D eigenvalue weighted by molar-refractivity contribution is -0.221. The molecule has 0 spiro atoms. The quantitative estimate of drug-likeness (QED) is 0.505. The lowest BCUT2D eigenvalue weighted by atomic mass is 9.44. The van der Waals surface area contributed by atoms with Gasteiger partial charge in [0.2, 0.25) is 5.12 Å². The molecule has 11 heteroatoms. The van der Waals surface area contributed by atoms with Gasteiger partial charge < -0.3 is 9.84 Å². The molecule has 9 atom stereocenters. The third-order valence-electron chi connectivity index (χ3n) is 9.84. The first-order chi connectivity index (χ1) is 17.8. The molecule has 0 saturated heterocycles. The van der Waals surface area contributed by atoms with E-state index in [4.69, 9.17) is 4.74 Å². The van der Waals surface area contributed by atoms with Crippen molar-refractivity contribution in [3.05, 3.63) is 39.9 Å². The number of aromatic nitrogens is 1. The molecule has 3 saturated carbocycles. The van der Waals surface area contributed by atoms with Crippen molar-refractivity contribution in [2.45, 2.75) is 70.5 Å². The summed E-state index contributed by atoms with van der Waals surface area (Å²) in [5, 5.41) is 10.8. The first kappa shape index (κ1) is 27.6. The number of fused-ring (bicyclic) bond motifs is 5. The van der Waals surface area contributed by atoms with Crippen molar-refractivity contribution in [3.8, 4) is 0 Å². The average molecular weight is 570 g/mol. The molecule has 6 nitrogen and oxygen atoms in total. The fourth-order valence-electron chi connectivity index (χ4n) is 8.06. The third-order valence-corrected chi connectivity index (χ3v) is 11.4. The zero-order chi connectivity index (χ0) is 27.8. The van der Waals surface area contributed by atoms with E-state index in [1.165, 1.54) is 24.6 Å². The summed E-state index contributed by atoms with van der Waals surface area (Å²) in [6, 6.07) is -1.05. The van der Waals surface area contributed by atoms with Gasteiger partial charge in [-0.05, 0) is 68.5 Å². The first-order valence-electron chi connectivity index (χ1n) is 12.6. The third kappa shape index (κ3) is 3.36. The number of ether oxygens (including phenoxy) is 1. The number of esters is 1. The minimum absolute atomic E-state index is 0.000119. The molecule has 4 aliphatic carbocycles. The van der Waals surface area contributed by atoms with Gasteiger partial charge in [-0.1, -0.05) is 19.9 Å². The Bertz CT molecular complexity index is 1270. The molecule has 0 aromatic carbocycles. The van der Waals surface area contributed by atoms with Gasteiger partial charge in [-0.3, -0.25) is 9.59 Å². The Labute approximate surface area is 227 Å². The van der Waals surface area contributed by atoms with Gasteiger partial charge in [0.15, 0.2) is 17.1 Å². The number of nitrogens with zero attached hydrogens (tertiary/aromatic N) is 1. The summed E-state index contributed by atoms with van der Waals surface area (Å²) in [5.74, 6) is -3.63. The second-order valence-corrected chi connectivity index (χ2v) is 13.2. The highest BCUT2D eigenvalue weighted by molar-refractivity contribution is 8.13. The predicted octanol–water partition coefficient (Wildman–Crippen LogP) is 5.10. The molecular formula is C27H30F3NO5S2. The fourth-order valence-corrected chi connectivity index (χ4v) is 9.53. The van der Waals surface area contributed by atoms with Gasteiger partial charge in [-0.15, -0.1) is 11.3 Å². The van der Waals surface area contributed by atoms with Crippen LogP contribution < -0.4 is 0 Å². The van der Waals surface area contributed by atoms with Crippen LogP contribution in [0.15, 0.2) is 29.3 Å². The maximum Gasteiger partial charge on any atom is 0.351 e. The van der Waals surface area contributed by atoms with Crippen LogP contribution in [0.4, 0.5) is 13.2 Å². The molecule has 0 bridgehead atoms. The van der Waals surface area contributed by atoms with Gasteiger partial charge in [0.25, 0.3) is 0 Å². The Hall–Kier alpha value is -1.98. The minimum atomic E-state index is -2.34. The van der Waals surface area contributed by atoms with Crippen LogP contribution in [0.2, 0.25) is 0 Å². The summed E-state index contributed by atoms with van der Waals surface area (Å²) in [7, 11) is 0. The van der Waals surface area contributed by atoms with Gasteiger partial charge in [0.05, 0.1) is 17.3 Å². The highest BCUT2D eigenvalue weighted by atomic mass is 32.2. The molecule has 1 aromatic rings. The number of aliphatic hydroxyl groups is 1. The van der Waals surface area contributed by atoms with Crippen LogP contribution in [0.3, 0.4) is 0 Å². The standard InChI is InChI=1S/C27H30F3NO5S2/c1-13-7-16-17-9-19(29)18-8-15(32)5-6-24(18,3)26(17,30)20(33)10-25(16,4)27(13,23(35)37-11-28)36-22(34)21-14(2)31-12-38-21/h5-6,8,12-13,16-17,19-20,33H,7,9-11H2,1-4H3/t13?,16-,17-,19?,20?,24-,25-,26?,27?/m0/s1. The normalized spacial score (nSPS) is 43.6. The number of ketones is 1. The van der Waals surface area contributed by atoms with E-state index in [0.29, 0.717) is 17.5 Å². The van der Waals surface area contributed by atoms with E-state index in [9.17, 15) is 23.9 Å². The molecule has 1 aromatic heterocycles. The van der Waals surface area contributed by atoms with Crippen molar-refractivity contribution in [1.82, 2.24) is 4.98 Å². The largest absolute Gasteiger partial charge is 0.445 e. The number of carbonyl (C=O) groups is 3. The molecule has 5 rings (SSSR count). The molecule has 0 amide bonds. The van der Waals surface area contributed by atoms with Crippen LogP contribution in [-0.2, 0) is 14.3 Å². The summed E-state index contributed by atoms with van der Waals surface area (Å²) in [6.07, 6.45) is -0.0246. The number of aliphatic hydroxyl groups excluding tert-OH is 1. The molecule has 0 aliphatic heterocycles. The monoisotopic (exact) mass is 569 g/mol. The van der Waals surface area contributed by atoms with E-state index in [-0.39, 0.29) is 29.7 Å². The number of thiazole rings is 1. The van der Waals surface area contributed by atoms with Crippen molar-refractivity contribution in [2.24, 2.45) is 28.6 Å². The van der Waals surface area contributed by atoms with Crippen molar-refractivity contribution >= 4 is 40.0 Å². The van der Waals surface area contributed by atoms with Gasteiger partial charge in [0.1, 0.15) is 17.1 Å². The molecule has 1 heterocycles. The first-order valence-corrected chi connectivity index (χ1v) is 14.5. The maximum atomic E-state index is 17.4. The number of alkyl halides is 3. The van der Waals surface area contributed by atoms with E-state index < -0.39 is 75.0 Å². The summed E-state index contributed by atoms with van der Waals surface area (Å²) in [6.45, 7) is 6.48. The maximum absolute atomic E-state index is 17.4. The summed E-state index contributed by atoms with van der Waals surface area (Å²) >= 11 is 1.42. The molecule has 38 heavy (non-hydrogen) atoms. The van der Waals surface area contributed by atoms with Crippen molar-refractivity contribution in [2.75, 3.05) is 6.01 Å². The van der Waals surface area contributed by atoms with Crippen LogP contribution in [0.25, 0.3) is 0 Å². The topological polar surface area (TPSA) is 93.6 Å². The smallest absolute Gasteiger partial charge is 0.351 e. The highest BCUT2D eigenvalue weighted by Gasteiger charge is 2.78. The number of halogens is 3. The summed E-state index contributed by atoms with van der Waals surface area (Å²) in [5.41, 5.74) is -5.23. The molecular weight excluding hydrogens is 539 g/mol. The van der Waals surface area contributed by atoms with Gasteiger partial charge >= 0.3 is 5.97 Å². The van der Waals surface area contributed by atoms with E-state index in [1.54, 1.807) is 20.8 Å². The second-order valence-electron chi connectivity index (χ2n) is 11.4. The zero-order valence-corrected chi connectivity index (χ0v) is 23.1. The molecule has 0 radical (unpaired) electrons. The van der Waals surface area contributed by atoms with Gasteiger partial charge in [-0.25, -0.2) is 22.9 Å². The Morgan fingerprint density at radius 2 is 2.00 bits per heavy atom. The van der Waals surface area contributed by atoms with Crippen LogP contribution in [0.5, 0.6) is 0 Å². The predicted molar refractivity (Wildman–Crippen MR) is 137 cm³/mol. The van der Waals surface area contributed by atoms with E-state index >= 15 is 8.78 Å². The number of allylic oxidation sites excluding steroid dienone is 4. The van der Waals surface area contributed by atoms with Crippen molar-refractivity contribution < 1.29 is 37.4 Å². The second kappa shape index (κ2) is 9.02. The zero-order valence-electron chi connectivity index (χ0n) is 21.5. The summed E-state index contributed by atoms with van der Waals surface area (Å²) in [4.78, 5) is 43.3. The van der Waals surface area contributed by atoms with Crippen LogP contribution in [0.1, 0.15) is 55.4 Å². The van der Waals surface area contributed by atoms with E-state index in [1.807, 2.05) is 0 Å². The Morgan fingerprint density at radius 3 is 2.63 bits per heavy atom. The van der Waals surface area contributed by atoms with E-state index in [0.717, 1.165) is 17.4 Å². The number of thioether (sulfide) groups is 1. The minimum Gasteiger partial charge on any atom is -0.445 e. The van der Waals surface area contributed by atoms with Crippen LogP contribution in [-0.4, -0.2) is 56.5 Å². The van der Waals surface area contributed by atoms with E-state index in [2.05, 4.69) is 4.98 Å². The van der Waals surface area contributed by atoms with Crippen molar-refractivity contribution in [3.63, 3.8) is 0 Å². The Morgan fingerprint density at radius 1 is 1.29 bits per heavy atom. The highest BCUT2D eigenvalue weighted by Crippen LogP contribution is 2.72. The Balaban J connectivity index is 1.64. The molecule has 5 unspecified atom stereocenters. The summed E-state index contributed by atoms with van der Waals surface area (Å²) < 4.78 is 52.7. The molecule has 1 N–H and O–H groups in total. The number of rotatable bonds is 4. The SMILES string of the molecule is Cc1ncsc1C(=O)OC1(C(=O)SCF)C(C)C[C@H]2[C@@H]3CC(F)C4=CC(=O)C=C[C@]4(C)C3(F)C(O)C[C@@]21C. The molecule has 4 aliphatic rings. The number of carbonyl (C=O) groups excluding carboxylic acids is 3. The molecule has 3 fully saturated rings. The lowest BCUT2D eigenvalue weighted by Gasteiger charge is -2.63. The van der Waals surface area contributed by atoms with Gasteiger partial charge in [-0.2, -0.15) is 0 Å². The van der Waals surface area contributed by atoms with Crippen molar-refractivity contribution in [1.29, 1.82) is 0 Å². The van der Waals surface area contributed by atoms with Gasteiger partial charge in [0, 0.05) is 22.7 Å². The lowest BCUT2D eigenvalue weighted by Crippen LogP contribution is -2.70. The Kier molecular flexibility index (Phi) is 6.55. The van der Waals surface area contributed by atoms with Crippen LogP contribution >= 0.6 is 23.1 Å².